The fourth-order valence-electron chi connectivity index (χ4n) is 4.46. The number of aromatic nitrogens is 3. The Hall–Kier alpha value is -2.97. The molecule has 9 heteroatoms. The zero-order chi connectivity index (χ0) is 21.8. The molecule has 166 valence electrons. The van der Waals surface area contributed by atoms with Crippen LogP contribution in [0.5, 0.6) is 0 Å². The van der Waals surface area contributed by atoms with E-state index in [0.29, 0.717) is 24.4 Å². The summed E-state index contributed by atoms with van der Waals surface area (Å²) in [6.45, 7) is 5.27. The summed E-state index contributed by atoms with van der Waals surface area (Å²) in [5.41, 5.74) is 1.07. The molecule has 4 rings (SSSR count). The third-order valence-corrected chi connectivity index (χ3v) is 6.38. The van der Waals surface area contributed by atoms with Crippen LogP contribution in [0.25, 0.3) is 0 Å². The molecule has 0 radical (unpaired) electrons. The Morgan fingerprint density at radius 1 is 1.19 bits per heavy atom. The highest BCUT2D eigenvalue weighted by atomic mass is 16.6. The number of nitrogens with zero attached hydrogens (tertiary/aromatic N) is 5. The first kappa shape index (κ1) is 21.3. The average Bonchev–Trinajstić information content (AvgIpc) is 3.00. The summed E-state index contributed by atoms with van der Waals surface area (Å²) < 4.78 is 2.17. The van der Waals surface area contributed by atoms with Gasteiger partial charge in [-0.15, -0.1) is 10.2 Å². The van der Waals surface area contributed by atoms with E-state index >= 15 is 0 Å². The number of hydrogen-bond donors (Lipinski definition) is 1. The van der Waals surface area contributed by atoms with Crippen molar-refractivity contribution in [3.63, 3.8) is 0 Å². The standard InChI is InChI=1S/C22H30N6O3/c1-16-9-13-26(14-10-16)19-7-6-17(28(30)31)15-18(19)22(29)23-11-8-21-25-24-20-5-3-2-4-12-27(20)21/h6-7,15-16H,2-5,8-14H2,1H3,(H,23,29). The first-order valence-corrected chi connectivity index (χ1v) is 11.3. The second kappa shape index (κ2) is 9.45. The minimum atomic E-state index is -0.454. The number of carbonyl (C=O) groups excluding carboxylic acids is 1. The van der Waals surface area contributed by atoms with Crippen LogP contribution in [0.3, 0.4) is 0 Å². The maximum Gasteiger partial charge on any atom is 0.270 e. The molecule has 0 aliphatic carbocycles. The Morgan fingerprint density at radius 2 is 2.00 bits per heavy atom. The van der Waals surface area contributed by atoms with E-state index < -0.39 is 4.92 Å². The van der Waals surface area contributed by atoms with Crippen LogP contribution < -0.4 is 10.2 Å². The average molecular weight is 427 g/mol. The van der Waals surface area contributed by atoms with Crippen molar-refractivity contribution >= 4 is 17.3 Å². The van der Waals surface area contributed by atoms with Crippen LogP contribution in [0.1, 0.15) is 61.0 Å². The molecule has 31 heavy (non-hydrogen) atoms. The quantitative estimate of drug-likeness (QED) is 0.562. The number of hydrogen-bond acceptors (Lipinski definition) is 6. The van der Waals surface area contributed by atoms with Crippen LogP contribution in [0.15, 0.2) is 18.2 Å². The van der Waals surface area contributed by atoms with Crippen LogP contribution in [0.4, 0.5) is 11.4 Å². The van der Waals surface area contributed by atoms with E-state index in [1.165, 1.54) is 18.6 Å². The molecule has 1 aromatic heterocycles. The van der Waals surface area contributed by atoms with Gasteiger partial charge in [-0.05, 0) is 37.7 Å². The molecule has 1 amide bonds. The number of benzene rings is 1. The first-order chi connectivity index (χ1) is 15.0. The van der Waals surface area contributed by atoms with E-state index in [1.54, 1.807) is 6.07 Å². The van der Waals surface area contributed by atoms with E-state index in [4.69, 9.17) is 0 Å². The monoisotopic (exact) mass is 426 g/mol. The zero-order valence-electron chi connectivity index (χ0n) is 18.0. The number of rotatable bonds is 6. The van der Waals surface area contributed by atoms with Gasteiger partial charge in [0, 0.05) is 51.2 Å². The third-order valence-electron chi connectivity index (χ3n) is 6.38. The van der Waals surface area contributed by atoms with Gasteiger partial charge in [-0.3, -0.25) is 14.9 Å². The van der Waals surface area contributed by atoms with Crippen LogP contribution in [0, 0.1) is 16.0 Å². The Labute approximate surface area is 182 Å². The number of carbonyl (C=O) groups is 1. The Balaban J connectivity index is 1.46. The molecule has 0 bridgehead atoms. The van der Waals surface area contributed by atoms with E-state index in [2.05, 4.69) is 31.9 Å². The predicted octanol–water partition coefficient (Wildman–Crippen LogP) is 3.12. The number of aryl methyl sites for hydroxylation is 1. The maximum absolute atomic E-state index is 13.0. The van der Waals surface area contributed by atoms with E-state index in [9.17, 15) is 14.9 Å². The largest absolute Gasteiger partial charge is 0.371 e. The molecule has 1 N–H and O–H groups in total. The van der Waals surface area contributed by atoms with Crippen molar-refractivity contribution in [2.75, 3.05) is 24.5 Å². The highest BCUT2D eigenvalue weighted by molar-refractivity contribution is 6.00. The lowest BCUT2D eigenvalue weighted by atomic mass is 9.98. The van der Waals surface area contributed by atoms with Gasteiger partial charge in [-0.25, -0.2) is 0 Å². The topological polar surface area (TPSA) is 106 Å². The van der Waals surface area contributed by atoms with Crippen molar-refractivity contribution in [1.82, 2.24) is 20.1 Å². The van der Waals surface area contributed by atoms with Gasteiger partial charge in [0.15, 0.2) is 0 Å². The fourth-order valence-corrected chi connectivity index (χ4v) is 4.46. The number of nitrogens with one attached hydrogen (secondary N) is 1. The summed E-state index contributed by atoms with van der Waals surface area (Å²) in [5, 5.41) is 22.8. The SMILES string of the molecule is CC1CCN(c2ccc([N+](=O)[O-])cc2C(=O)NCCc2nnc3n2CCCCC3)CC1. The molecule has 0 unspecified atom stereocenters. The van der Waals surface area contributed by atoms with Crippen molar-refractivity contribution in [2.45, 2.75) is 58.4 Å². The molecule has 2 aromatic rings. The van der Waals surface area contributed by atoms with Gasteiger partial charge in [0.1, 0.15) is 11.6 Å². The van der Waals surface area contributed by atoms with Gasteiger partial charge in [0.2, 0.25) is 0 Å². The smallest absolute Gasteiger partial charge is 0.270 e. The normalized spacial score (nSPS) is 17.1. The lowest BCUT2D eigenvalue weighted by molar-refractivity contribution is -0.384. The summed E-state index contributed by atoms with van der Waals surface area (Å²) in [7, 11) is 0. The van der Waals surface area contributed by atoms with E-state index in [1.807, 2.05) is 0 Å². The molecular weight excluding hydrogens is 396 g/mol. The number of nitro groups is 1. The number of fused-ring (bicyclic) bond motifs is 1. The Bertz CT molecular complexity index is 949. The zero-order valence-corrected chi connectivity index (χ0v) is 18.0. The molecule has 1 saturated heterocycles. The Morgan fingerprint density at radius 3 is 2.77 bits per heavy atom. The molecule has 9 nitrogen and oxygen atoms in total. The number of piperidine rings is 1. The maximum atomic E-state index is 13.0. The van der Waals surface area contributed by atoms with Gasteiger partial charge < -0.3 is 14.8 Å². The predicted molar refractivity (Wildman–Crippen MR) is 117 cm³/mol. The van der Waals surface area contributed by atoms with Gasteiger partial charge in [0.05, 0.1) is 16.2 Å². The van der Waals surface area contributed by atoms with Crippen LogP contribution in [0.2, 0.25) is 0 Å². The fraction of sp³-hybridized carbons (Fsp3) is 0.591. The first-order valence-electron chi connectivity index (χ1n) is 11.3. The van der Waals surface area contributed by atoms with Gasteiger partial charge in [-0.1, -0.05) is 13.3 Å². The van der Waals surface area contributed by atoms with Crippen molar-refractivity contribution in [3.8, 4) is 0 Å². The molecule has 2 aliphatic heterocycles. The number of anilines is 1. The molecule has 0 spiro atoms. The number of nitro benzene ring substituents is 1. The van der Waals surface area contributed by atoms with Gasteiger partial charge in [-0.2, -0.15) is 0 Å². The van der Waals surface area contributed by atoms with Crippen LogP contribution >= 0.6 is 0 Å². The van der Waals surface area contributed by atoms with Crippen LogP contribution in [-0.2, 0) is 19.4 Å². The molecule has 2 aliphatic rings. The van der Waals surface area contributed by atoms with Gasteiger partial charge >= 0.3 is 0 Å². The highest BCUT2D eigenvalue weighted by Crippen LogP contribution is 2.29. The van der Waals surface area contributed by atoms with Crippen molar-refractivity contribution in [2.24, 2.45) is 5.92 Å². The summed E-state index contributed by atoms with van der Waals surface area (Å²) in [6, 6.07) is 4.59. The van der Waals surface area contributed by atoms with Gasteiger partial charge in [0.25, 0.3) is 11.6 Å². The Kier molecular flexibility index (Phi) is 6.48. The second-order valence-corrected chi connectivity index (χ2v) is 8.63. The van der Waals surface area contributed by atoms with E-state index in [0.717, 1.165) is 69.1 Å². The second-order valence-electron chi connectivity index (χ2n) is 8.63. The third kappa shape index (κ3) is 4.86. The number of non-ortho nitro benzene ring substituents is 1. The minimum Gasteiger partial charge on any atom is -0.371 e. The molecule has 0 saturated carbocycles. The number of amides is 1. The summed E-state index contributed by atoms with van der Waals surface area (Å²) in [6.07, 6.45) is 7.10. The molecule has 1 fully saturated rings. The van der Waals surface area contributed by atoms with Crippen molar-refractivity contribution in [1.29, 1.82) is 0 Å². The van der Waals surface area contributed by atoms with Crippen molar-refractivity contribution in [3.05, 3.63) is 45.5 Å². The molecule has 0 atom stereocenters. The summed E-state index contributed by atoms with van der Waals surface area (Å²) >= 11 is 0. The summed E-state index contributed by atoms with van der Waals surface area (Å²) in [5.74, 6) is 2.29. The van der Waals surface area contributed by atoms with E-state index in [-0.39, 0.29) is 11.6 Å². The lowest BCUT2D eigenvalue weighted by Gasteiger charge is -2.33. The molecule has 1 aromatic carbocycles. The van der Waals surface area contributed by atoms with Crippen LogP contribution in [-0.4, -0.2) is 45.2 Å². The molecular formula is C22H30N6O3. The minimum absolute atomic E-state index is 0.0675. The molecule has 3 heterocycles. The lowest BCUT2D eigenvalue weighted by Crippen LogP contribution is -2.35. The summed E-state index contributed by atoms with van der Waals surface area (Å²) in [4.78, 5) is 26.0. The highest BCUT2D eigenvalue weighted by Gasteiger charge is 2.23. The van der Waals surface area contributed by atoms with Crippen molar-refractivity contribution < 1.29 is 9.72 Å².